The Labute approximate surface area is 207 Å². The molecule has 1 aliphatic heterocycles. The van der Waals surface area contributed by atoms with Crippen LogP contribution in [0.3, 0.4) is 0 Å². The fourth-order valence-electron chi connectivity index (χ4n) is 4.16. The van der Waals surface area contributed by atoms with Gasteiger partial charge < -0.3 is 16.4 Å². The van der Waals surface area contributed by atoms with Crippen LogP contribution in [0.25, 0.3) is 0 Å². The number of rotatable bonds is 3. The Morgan fingerprint density at radius 3 is 2.22 bits per heavy atom. The van der Waals surface area contributed by atoms with E-state index in [-0.39, 0.29) is 0 Å². The van der Waals surface area contributed by atoms with Crippen molar-refractivity contribution < 1.29 is 0 Å². The van der Waals surface area contributed by atoms with Crippen molar-refractivity contribution in [3.8, 4) is 0 Å². The lowest BCUT2D eigenvalue weighted by Crippen LogP contribution is -2.39. The van der Waals surface area contributed by atoms with Gasteiger partial charge >= 0.3 is 0 Å². The van der Waals surface area contributed by atoms with Crippen LogP contribution in [0, 0.1) is 11.3 Å². The normalized spacial score (nSPS) is 16.9. The number of aromatic nitrogens is 2. The summed E-state index contributed by atoms with van der Waals surface area (Å²) in [7, 11) is 0. The van der Waals surface area contributed by atoms with Crippen molar-refractivity contribution >= 4 is 53.5 Å². The number of nitrogens with zero attached hydrogens (tertiary/aromatic N) is 3. The van der Waals surface area contributed by atoms with Crippen molar-refractivity contribution in [3.05, 3.63) is 29.4 Å². The predicted octanol–water partition coefficient (Wildman–Crippen LogP) is 6.06. The zero-order valence-electron chi connectivity index (χ0n) is 19.4. The van der Waals surface area contributed by atoms with Crippen molar-refractivity contribution in [2.24, 2.45) is 16.5 Å². The number of hydrogen-bond acceptors (Lipinski definition) is 8. The quantitative estimate of drug-likeness (QED) is 0.302. The summed E-state index contributed by atoms with van der Waals surface area (Å²) in [6.07, 6.45) is 9.91. The summed E-state index contributed by atoms with van der Waals surface area (Å²) < 4.78 is 0. The van der Waals surface area contributed by atoms with E-state index in [1.165, 1.54) is 50.3 Å². The highest BCUT2D eigenvalue weighted by atomic mass is 35.5. The van der Waals surface area contributed by atoms with E-state index in [2.05, 4.69) is 53.6 Å². The van der Waals surface area contributed by atoms with Gasteiger partial charge in [-0.3, -0.25) is 5.14 Å². The first-order valence-electron chi connectivity index (χ1n) is 11.1. The molecule has 1 spiro atoms. The molecule has 6 nitrogen and oxygen atoms in total. The van der Waals surface area contributed by atoms with Crippen LogP contribution in [0.15, 0.2) is 34.3 Å². The van der Waals surface area contributed by atoms with Crippen LogP contribution in [0.1, 0.15) is 59.3 Å². The Morgan fingerprint density at radius 2 is 1.66 bits per heavy atom. The SMILES string of the molecule is CC(C)C.NS.Nc1cccc(Sc2ncc(N3CCC4(CCCC4)CC3)nc2N)c1Cl. The maximum atomic E-state index is 6.26. The minimum atomic E-state index is 0.437. The van der Waals surface area contributed by atoms with Gasteiger partial charge in [0.2, 0.25) is 0 Å². The van der Waals surface area contributed by atoms with Crippen molar-refractivity contribution in [1.29, 1.82) is 0 Å². The highest BCUT2D eigenvalue weighted by Gasteiger charge is 2.37. The molecule has 32 heavy (non-hydrogen) atoms. The van der Waals surface area contributed by atoms with E-state index in [4.69, 9.17) is 23.1 Å². The second-order valence-electron chi connectivity index (χ2n) is 9.11. The van der Waals surface area contributed by atoms with Gasteiger partial charge in [-0.15, -0.1) is 12.8 Å². The molecule has 2 heterocycles. The van der Waals surface area contributed by atoms with Gasteiger partial charge in [0.15, 0.2) is 5.82 Å². The molecule has 0 atom stereocenters. The average Bonchev–Trinajstić information content (AvgIpc) is 3.22. The summed E-state index contributed by atoms with van der Waals surface area (Å²) in [4.78, 5) is 12.3. The van der Waals surface area contributed by atoms with Crippen molar-refractivity contribution in [1.82, 2.24) is 9.97 Å². The van der Waals surface area contributed by atoms with E-state index in [1.807, 2.05) is 18.3 Å². The molecule has 9 heteroatoms. The number of anilines is 3. The molecule has 1 aromatic heterocycles. The summed E-state index contributed by atoms with van der Waals surface area (Å²) in [5.74, 6) is 2.14. The maximum Gasteiger partial charge on any atom is 0.158 e. The second kappa shape index (κ2) is 12.8. The fourth-order valence-corrected chi connectivity index (χ4v) is 5.22. The summed E-state index contributed by atoms with van der Waals surface area (Å²) in [5, 5.41) is 5.38. The van der Waals surface area contributed by atoms with Crippen LogP contribution in [-0.4, -0.2) is 23.1 Å². The first kappa shape index (κ1) is 26.9. The first-order valence-corrected chi connectivity index (χ1v) is 12.9. The second-order valence-corrected chi connectivity index (χ2v) is 10.5. The van der Waals surface area contributed by atoms with E-state index in [1.54, 1.807) is 6.07 Å². The summed E-state index contributed by atoms with van der Waals surface area (Å²) in [6, 6.07) is 5.55. The lowest BCUT2D eigenvalue weighted by atomic mass is 9.77. The molecular formula is C23H37ClN6S2. The molecule has 178 valence electrons. The minimum Gasteiger partial charge on any atom is -0.397 e. The van der Waals surface area contributed by atoms with Gasteiger partial charge in [0.25, 0.3) is 0 Å². The highest BCUT2D eigenvalue weighted by molar-refractivity contribution is 7.99. The number of halogens is 1. The number of piperidine rings is 1. The molecule has 1 aromatic carbocycles. The number of benzene rings is 1. The van der Waals surface area contributed by atoms with Crippen LogP contribution in [0.2, 0.25) is 5.02 Å². The van der Waals surface area contributed by atoms with E-state index in [9.17, 15) is 0 Å². The minimum absolute atomic E-state index is 0.437. The third-order valence-electron chi connectivity index (χ3n) is 5.76. The van der Waals surface area contributed by atoms with Crippen LogP contribution in [0.4, 0.5) is 17.3 Å². The number of thiol groups is 1. The lowest BCUT2D eigenvalue weighted by Gasteiger charge is -2.39. The van der Waals surface area contributed by atoms with Gasteiger partial charge in [-0.2, -0.15) is 0 Å². The Morgan fingerprint density at radius 1 is 1.06 bits per heavy atom. The molecule has 0 amide bonds. The molecule has 0 radical (unpaired) electrons. The summed E-state index contributed by atoms with van der Waals surface area (Å²) >= 11 is 10.7. The van der Waals surface area contributed by atoms with Crippen molar-refractivity contribution in [3.63, 3.8) is 0 Å². The maximum absolute atomic E-state index is 6.26. The zero-order valence-corrected chi connectivity index (χ0v) is 21.8. The molecule has 1 saturated carbocycles. The average molecular weight is 497 g/mol. The van der Waals surface area contributed by atoms with Crippen LogP contribution >= 0.6 is 36.2 Å². The predicted molar refractivity (Wildman–Crippen MR) is 142 cm³/mol. The Balaban J connectivity index is 0.000000547. The molecule has 0 bridgehead atoms. The van der Waals surface area contributed by atoms with E-state index >= 15 is 0 Å². The van der Waals surface area contributed by atoms with Gasteiger partial charge in [0, 0.05) is 18.0 Å². The standard InChI is InChI=1S/C19H24ClN5S.C4H10.H3NS/c20-16-13(21)4-3-5-14(16)26-18-17(22)24-15(12-23-18)25-10-8-19(9-11-25)6-1-2-7-19;1-4(2)3;1-2/h3-5,12H,1-2,6-11,21H2,(H2,22,24);4H,1-3H3;2H,1H2. The third-order valence-corrected chi connectivity index (χ3v) is 7.37. The molecular weight excluding hydrogens is 460 g/mol. The monoisotopic (exact) mass is 496 g/mol. The van der Waals surface area contributed by atoms with E-state index < -0.39 is 0 Å². The fraction of sp³-hybridized carbons (Fsp3) is 0.565. The molecule has 0 unspecified atom stereocenters. The molecule has 2 fully saturated rings. The summed E-state index contributed by atoms with van der Waals surface area (Å²) in [6.45, 7) is 8.59. The molecule has 4 rings (SSSR count). The summed E-state index contributed by atoms with van der Waals surface area (Å²) in [5.41, 5.74) is 13.2. The van der Waals surface area contributed by atoms with E-state index in [0.717, 1.165) is 29.7 Å². The number of nitrogen functional groups attached to an aromatic ring is 2. The van der Waals surface area contributed by atoms with Crippen LogP contribution in [0.5, 0.6) is 0 Å². The van der Waals surface area contributed by atoms with Gasteiger partial charge in [-0.05, 0) is 49.1 Å². The third kappa shape index (κ3) is 7.33. The van der Waals surface area contributed by atoms with Crippen LogP contribution < -0.4 is 21.5 Å². The lowest BCUT2D eigenvalue weighted by molar-refractivity contribution is 0.226. The van der Waals surface area contributed by atoms with E-state index in [0.29, 0.717) is 27.0 Å². The largest absolute Gasteiger partial charge is 0.397 e. The first-order chi connectivity index (χ1) is 15.3. The van der Waals surface area contributed by atoms with Gasteiger partial charge in [-0.1, -0.05) is 63.0 Å². The Bertz CT molecular complexity index is 846. The van der Waals surface area contributed by atoms with Gasteiger partial charge in [-0.25, -0.2) is 9.97 Å². The van der Waals surface area contributed by atoms with Crippen molar-refractivity contribution in [2.45, 2.75) is 69.2 Å². The zero-order chi connectivity index (χ0) is 23.7. The molecule has 2 aliphatic rings. The molecule has 2 aromatic rings. The number of nitrogens with two attached hydrogens (primary N) is 3. The smallest absolute Gasteiger partial charge is 0.158 e. The molecule has 1 aliphatic carbocycles. The van der Waals surface area contributed by atoms with Crippen LogP contribution in [-0.2, 0) is 0 Å². The highest BCUT2D eigenvalue weighted by Crippen LogP contribution is 2.46. The Kier molecular flexibility index (Phi) is 10.7. The Hall–Kier alpha value is -1.35. The van der Waals surface area contributed by atoms with Gasteiger partial charge in [0.05, 0.1) is 16.9 Å². The molecule has 6 N–H and O–H groups in total. The number of hydrogen-bond donors (Lipinski definition) is 4. The van der Waals surface area contributed by atoms with Gasteiger partial charge in [0.1, 0.15) is 10.8 Å². The topological polar surface area (TPSA) is 107 Å². The molecule has 1 saturated heterocycles. The van der Waals surface area contributed by atoms with Crippen molar-refractivity contribution in [2.75, 3.05) is 29.5 Å².